The number of hydrogen-bond donors (Lipinski definition) is 2. The maximum absolute atomic E-state index is 14.2. The molecule has 4 aliphatic rings. The van der Waals surface area contributed by atoms with Gasteiger partial charge >= 0.3 is 0 Å². The first-order valence-corrected chi connectivity index (χ1v) is 9.15. The van der Waals surface area contributed by atoms with Crippen LogP contribution in [0.4, 0.5) is 4.39 Å². The molecule has 3 saturated carbocycles. The molecule has 0 amide bonds. The monoisotopic (exact) mass is 308 g/mol. The number of aliphatic hydroxyl groups excluding tert-OH is 2. The van der Waals surface area contributed by atoms with Gasteiger partial charge in [0, 0.05) is 5.41 Å². The summed E-state index contributed by atoms with van der Waals surface area (Å²) in [6, 6.07) is 0. The highest BCUT2D eigenvalue weighted by Gasteiger charge is 2.62. The van der Waals surface area contributed by atoms with E-state index >= 15 is 0 Å². The van der Waals surface area contributed by atoms with Crippen LogP contribution in [0.1, 0.15) is 58.3 Å². The summed E-state index contributed by atoms with van der Waals surface area (Å²) in [5, 5.41) is 20.6. The Labute approximate surface area is 132 Å². The Kier molecular flexibility index (Phi) is 3.47. The fourth-order valence-corrected chi connectivity index (χ4v) is 6.77. The maximum atomic E-state index is 14.2. The van der Waals surface area contributed by atoms with Crippen LogP contribution in [0.2, 0.25) is 0 Å². The highest BCUT2D eigenvalue weighted by Crippen LogP contribution is 2.65. The molecule has 7 atom stereocenters. The molecule has 0 heterocycles. The van der Waals surface area contributed by atoms with Gasteiger partial charge in [-0.05, 0) is 74.5 Å². The highest BCUT2D eigenvalue weighted by atomic mass is 19.1. The first-order chi connectivity index (χ1) is 10.5. The fourth-order valence-electron chi connectivity index (χ4n) is 6.77. The van der Waals surface area contributed by atoms with E-state index in [9.17, 15) is 14.6 Å². The van der Waals surface area contributed by atoms with Crippen molar-refractivity contribution in [3.8, 4) is 0 Å². The second kappa shape index (κ2) is 5.04. The Bertz CT molecular complexity index is 490. The summed E-state index contributed by atoms with van der Waals surface area (Å²) in [7, 11) is 0. The Morgan fingerprint density at radius 1 is 1.27 bits per heavy atom. The van der Waals surface area contributed by atoms with Gasteiger partial charge in [-0.2, -0.15) is 0 Å². The highest BCUT2D eigenvalue weighted by molar-refractivity contribution is 5.25. The minimum Gasteiger partial charge on any atom is -0.395 e. The molecule has 2 N–H and O–H groups in total. The van der Waals surface area contributed by atoms with Crippen molar-refractivity contribution in [1.82, 2.24) is 0 Å². The van der Waals surface area contributed by atoms with Gasteiger partial charge in [0.15, 0.2) is 0 Å². The smallest absolute Gasteiger partial charge is 0.127 e. The molecule has 3 heteroatoms. The van der Waals surface area contributed by atoms with E-state index in [4.69, 9.17) is 0 Å². The second-order valence-electron chi connectivity index (χ2n) is 8.59. The van der Waals surface area contributed by atoms with Gasteiger partial charge in [-0.15, -0.1) is 0 Å². The van der Waals surface area contributed by atoms with Crippen LogP contribution < -0.4 is 0 Å². The third kappa shape index (κ3) is 1.78. The van der Waals surface area contributed by atoms with Crippen molar-refractivity contribution in [3.63, 3.8) is 0 Å². The van der Waals surface area contributed by atoms with Crippen LogP contribution in [-0.4, -0.2) is 29.1 Å². The molecule has 0 spiro atoms. The largest absolute Gasteiger partial charge is 0.395 e. The van der Waals surface area contributed by atoms with E-state index < -0.39 is 12.3 Å². The van der Waals surface area contributed by atoms with E-state index in [1.807, 2.05) is 0 Å². The second-order valence-corrected chi connectivity index (χ2v) is 8.59. The SMILES string of the molecule is C[C@]12CC[C@@H]3[C@@H](CCC4=CCCC[C@@]43CO)[C@@H]1CC(F)C2O. The summed E-state index contributed by atoms with van der Waals surface area (Å²) in [4.78, 5) is 0. The predicted molar refractivity (Wildman–Crippen MR) is 84.0 cm³/mol. The van der Waals surface area contributed by atoms with Crippen LogP contribution in [-0.2, 0) is 0 Å². The van der Waals surface area contributed by atoms with Gasteiger partial charge in [0.05, 0.1) is 12.7 Å². The summed E-state index contributed by atoms with van der Waals surface area (Å²) < 4.78 is 14.2. The summed E-state index contributed by atoms with van der Waals surface area (Å²) in [5.41, 5.74) is 1.22. The molecule has 2 unspecified atom stereocenters. The number of alkyl halides is 1. The van der Waals surface area contributed by atoms with Crippen molar-refractivity contribution >= 4 is 0 Å². The fraction of sp³-hybridized carbons (Fsp3) is 0.895. The Balaban J connectivity index is 1.70. The number of rotatable bonds is 1. The lowest BCUT2D eigenvalue weighted by Gasteiger charge is -2.58. The van der Waals surface area contributed by atoms with Crippen LogP contribution in [0.25, 0.3) is 0 Å². The van der Waals surface area contributed by atoms with Gasteiger partial charge in [-0.25, -0.2) is 4.39 Å². The summed E-state index contributed by atoms with van der Waals surface area (Å²) in [5.74, 6) is 1.27. The normalized spacial score (nSPS) is 54.2. The number of fused-ring (bicyclic) bond motifs is 5. The van der Waals surface area contributed by atoms with Crippen molar-refractivity contribution in [2.45, 2.75) is 70.6 Å². The topological polar surface area (TPSA) is 40.5 Å². The van der Waals surface area contributed by atoms with E-state index in [-0.39, 0.29) is 17.4 Å². The zero-order valence-corrected chi connectivity index (χ0v) is 13.6. The van der Waals surface area contributed by atoms with Gasteiger partial charge in [-0.1, -0.05) is 18.6 Å². The summed E-state index contributed by atoms with van der Waals surface area (Å²) in [6.45, 7) is 2.36. The van der Waals surface area contributed by atoms with Gasteiger partial charge in [0.1, 0.15) is 6.17 Å². The average molecular weight is 308 g/mol. The zero-order valence-electron chi connectivity index (χ0n) is 13.6. The van der Waals surface area contributed by atoms with Gasteiger partial charge in [0.25, 0.3) is 0 Å². The van der Waals surface area contributed by atoms with Crippen molar-refractivity contribution in [2.24, 2.45) is 28.6 Å². The molecule has 0 aromatic heterocycles. The third-order valence-corrected chi connectivity index (χ3v) is 7.97. The van der Waals surface area contributed by atoms with E-state index in [2.05, 4.69) is 13.0 Å². The predicted octanol–water partition coefficient (Wildman–Crippen LogP) is 3.62. The molecule has 124 valence electrons. The minimum absolute atomic E-state index is 0.0259. The molecule has 0 aromatic carbocycles. The van der Waals surface area contributed by atoms with Crippen LogP contribution in [0.3, 0.4) is 0 Å². The van der Waals surface area contributed by atoms with E-state index in [0.29, 0.717) is 24.2 Å². The van der Waals surface area contributed by atoms with E-state index in [0.717, 1.165) is 38.5 Å². The lowest BCUT2D eigenvalue weighted by atomic mass is 9.47. The first-order valence-electron chi connectivity index (χ1n) is 9.15. The Morgan fingerprint density at radius 3 is 2.86 bits per heavy atom. The molecule has 3 fully saturated rings. The van der Waals surface area contributed by atoms with Crippen LogP contribution in [0.15, 0.2) is 11.6 Å². The molecule has 0 aromatic rings. The average Bonchev–Trinajstić information content (AvgIpc) is 2.78. The minimum atomic E-state index is -1.05. The van der Waals surface area contributed by atoms with Gasteiger partial charge in [0.2, 0.25) is 0 Å². The quantitative estimate of drug-likeness (QED) is 0.726. The van der Waals surface area contributed by atoms with Crippen molar-refractivity contribution < 1.29 is 14.6 Å². The van der Waals surface area contributed by atoms with Gasteiger partial charge < -0.3 is 10.2 Å². The maximum Gasteiger partial charge on any atom is 0.127 e. The van der Waals surface area contributed by atoms with Crippen molar-refractivity contribution in [3.05, 3.63) is 11.6 Å². The molecule has 4 rings (SSSR count). The number of halogens is 1. The lowest BCUT2D eigenvalue weighted by molar-refractivity contribution is -0.0935. The zero-order chi connectivity index (χ0) is 15.5. The van der Waals surface area contributed by atoms with Crippen LogP contribution in [0.5, 0.6) is 0 Å². The number of hydrogen-bond acceptors (Lipinski definition) is 2. The van der Waals surface area contributed by atoms with Gasteiger partial charge in [-0.3, -0.25) is 0 Å². The molecule has 0 aliphatic heterocycles. The molecular formula is C19H29FO2. The van der Waals surface area contributed by atoms with Crippen LogP contribution >= 0.6 is 0 Å². The molecule has 2 nitrogen and oxygen atoms in total. The molecule has 0 bridgehead atoms. The first kappa shape index (κ1) is 15.1. The lowest BCUT2D eigenvalue weighted by Crippen LogP contribution is -2.53. The van der Waals surface area contributed by atoms with Crippen LogP contribution in [0, 0.1) is 28.6 Å². The van der Waals surface area contributed by atoms with Crippen molar-refractivity contribution in [2.75, 3.05) is 6.61 Å². The number of allylic oxidation sites excluding steroid dienone is 1. The van der Waals surface area contributed by atoms with E-state index in [1.54, 1.807) is 0 Å². The standard InChI is InChI=1S/C19H29FO2/c1-18-9-7-14-13(15(18)10-16(20)17(18)22)6-5-12-4-2-3-8-19(12,14)11-21/h4,13-17,21-22H,2-3,5-11H2,1H3/t13-,14-,15+,16?,17?,18+,19-/m1/s1. The van der Waals surface area contributed by atoms with Crippen molar-refractivity contribution in [1.29, 1.82) is 0 Å². The molecule has 4 aliphatic carbocycles. The van der Waals surface area contributed by atoms with E-state index in [1.165, 1.54) is 12.0 Å². The summed E-state index contributed by atoms with van der Waals surface area (Å²) in [6.07, 6.45) is 8.64. The molecule has 22 heavy (non-hydrogen) atoms. The molecule has 0 radical (unpaired) electrons. The third-order valence-electron chi connectivity index (χ3n) is 7.97. The Morgan fingerprint density at radius 2 is 2.09 bits per heavy atom. The number of aliphatic hydroxyl groups is 2. The summed E-state index contributed by atoms with van der Waals surface area (Å²) >= 11 is 0. The molecular weight excluding hydrogens is 279 g/mol. The molecule has 0 saturated heterocycles. The Hall–Kier alpha value is -0.410.